The number of fused-ring (bicyclic) bond motifs is 1. The van der Waals surface area contributed by atoms with Crippen LogP contribution in [0.4, 0.5) is 10.1 Å². The third kappa shape index (κ3) is 2.12. The zero-order valence-corrected chi connectivity index (χ0v) is 10.3. The first-order chi connectivity index (χ1) is 8.74. The van der Waals surface area contributed by atoms with Gasteiger partial charge in [-0.2, -0.15) is 0 Å². The standard InChI is InChI=1S/C14H17FN2O/c15-12-2-1-11-4-6-17(13(11)8-12)14(18)7-10-3-5-16-9-10/h1-2,8,10,16H,3-7,9H2. The fourth-order valence-electron chi connectivity index (χ4n) is 2.86. The van der Waals surface area contributed by atoms with Crippen molar-refractivity contribution in [2.75, 3.05) is 24.5 Å². The highest BCUT2D eigenvalue weighted by molar-refractivity contribution is 5.95. The topological polar surface area (TPSA) is 32.3 Å². The van der Waals surface area contributed by atoms with E-state index < -0.39 is 0 Å². The van der Waals surface area contributed by atoms with Gasteiger partial charge in [-0.3, -0.25) is 4.79 Å². The fourth-order valence-corrected chi connectivity index (χ4v) is 2.86. The number of hydrogen-bond donors (Lipinski definition) is 1. The Labute approximate surface area is 106 Å². The molecule has 0 saturated carbocycles. The predicted octanol–water partition coefficient (Wildman–Crippen LogP) is 1.71. The summed E-state index contributed by atoms with van der Waals surface area (Å²) in [6.45, 7) is 2.62. The lowest BCUT2D eigenvalue weighted by molar-refractivity contribution is -0.119. The first kappa shape index (κ1) is 11.7. The van der Waals surface area contributed by atoms with Crippen LogP contribution in [0.15, 0.2) is 18.2 Å². The van der Waals surface area contributed by atoms with Gasteiger partial charge >= 0.3 is 0 Å². The first-order valence-corrected chi connectivity index (χ1v) is 6.53. The van der Waals surface area contributed by atoms with Crippen molar-refractivity contribution in [3.63, 3.8) is 0 Å². The molecule has 4 heteroatoms. The highest BCUT2D eigenvalue weighted by Crippen LogP contribution is 2.30. The number of nitrogens with one attached hydrogen (secondary N) is 1. The average molecular weight is 248 g/mol. The predicted molar refractivity (Wildman–Crippen MR) is 68.1 cm³/mol. The van der Waals surface area contributed by atoms with Crippen LogP contribution < -0.4 is 10.2 Å². The molecule has 2 aliphatic heterocycles. The van der Waals surface area contributed by atoms with Crippen molar-refractivity contribution in [3.8, 4) is 0 Å². The second-order valence-corrected chi connectivity index (χ2v) is 5.13. The van der Waals surface area contributed by atoms with E-state index in [0.29, 0.717) is 18.9 Å². The minimum atomic E-state index is -0.268. The highest BCUT2D eigenvalue weighted by atomic mass is 19.1. The zero-order chi connectivity index (χ0) is 12.5. The van der Waals surface area contributed by atoms with E-state index in [9.17, 15) is 9.18 Å². The summed E-state index contributed by atoms with van der Waals surface area (Å²) >= 11 is 0. The number of hydrogen-bond acceptors (Lipinski definition) is 2. The number of halogens is 1. The van der Waals surface area contributed by atoms with E-state index in [2.05, 4.69) is 5.32 Å². The lowest BCUT2D eigenvalue weighted by Crippen LogP contribution is -2.31. The molecule has 3 rings (SSSR count). The summed E-state index contributed by atoms with van der Waals surface area (Å²) in [5.74, 6) is 0.305. The van der Waals surface area contributed by atoms with Crippen molar-refractivity contribution >= 4 is 11.6 Å². The number of carbonyl (C=O) groups excluding carboxylic acids is 1. The van der Waals surface area contributed by atoms with Crippen molar-refractivity contribution in [2.45, 2.75) is 19.3 Å². The molecule has 0 aliphatic carbocycles. The smallest absolute Gasteiger partial charge is 0.227 e. The summed E-state index contributed by atoms with van der Waals surface area (Å²) in [5.41, 5.74) is 1.85. The van der Waals surface area contributed by atoms with E-state index in [-0.39, 0.29) is 11.7 Å². The molecule has 1 saturated heterocycles. The number of anilines is 1. The van der Waals surface area contributed by atoms with Gasteiger partial charge < -0.3 is 10.2 Å². The second-order valence-electron chi connectivity index (χ2n) is 5.13. The van der Waals surface area contributed by atoms with Crippen molar-refractivity contribution in [3.05, 3.63) is 29.6 Å². The van der Waals surface area contributed by atoms with Crippen molar-refractivity contribution < 1.29 is 9.18 Å². The summed E-state index contributed by atoms with van der Waals surface area (Å²) in [6.07, 6.45) is 2.48. The molecule has 0 spiro atoms. The minimum absolute atomic E-state index is 0.132. The highest BCUT2D eigenvalue weighted by Gasteiger charge is 2.27. The SMILES string of the molecule is O=C(CC1CCNC1)N1CCc2ccc(F)cc21. The Kier molecular flexibility index (Phi) is 3.04. The van der Waals surface area contributed by atoms with Gasteiger partial charge in [0, 0.05) is 18.7 Å². The summed E-state index contributed by atoms with van der Waals surface area (Å²) in [6, 6.07) is 4.73. The van der Waals surface area contributed by atoms with E-state index in [1.165, 1.54) is 12.1 Å². The third-order valence-corrected chi connectivity index (χ3v) is 3.87. The molecule has 2 heterocycles. The molecular formula is C14H17FN2O. The lowest BCUT2D eigenvalue weighted by atomic mass is 10.0. The molecule has 0 radical (unpaired) electrons. The molecular weight excluding hydrogens is 231 g/mol. The van der Waals surface area contributed by atoms with Crippen LogP contribution in [0.2, 0.25) is 0 Å². The van der Waals surface area contributed by atoms with Crippen LogP contribution in [0.1, 0.15) is 18.4 Å². The molecule has 1 atom stereocenters. The normalized spacial score (nSPS) is 22.3. The molecule has 18 heavy (non-hydrogen) atoms. The summed E-state index contributed by atoms with van der Waals surface area (Å²) in [5, 5.41) is 3.27. The van der Waals surface area contributed by atoms with Gasteiger partial charge in [-0.05, 0) is 49.5 Å². The monoisotopic (exact) mass is 248 g/mol. The van der Waals surface area contributed by atoms with Crippen molar-refractivity contribution in [1.82, 2.24) is 5.32 Å². The van der Waals surface area contributed by atoms with Gasteiger partial charge in [0.25, 0.3) is 0 Å². The molecule has 0 bridgehead atoms. The van der Waals surface area contributed by atoms with Crippen LogP contribution in [-0.4, -0.2) is 25.5 Å². The summed E-state index contributed by atoms with van der Waals surface area (Å²) in [7, 11) is 0. The van der Waals surface area contributed by atoms with Gasteiger partial charge in [-0.25, -0.2) is 4.39 Å². The molecule has 1 aromatic carbocycles. The molecule has 2 aliphatic rings. The van der Waals surface area contributed by atoms with Crippen molar-refractivity contribution in [2.24, 2.45) is 5.92 Å². The fraction of sp³-hybridized carbons (Fsp3) is 0.500. The van der Waals surface area contributed by atoms with Gasteiger partial charge in [-0.1, -0.05) is 6.07 Å². The van der Waals surface area contributed by atoms with Crippen LogP contribution in [0.25, 0.3) is 0 Å². The molecule has 1 unspecified atom stereocenters. The summed E-state index contributed by atoms with van der Waals surface area (Å²) < 4.78 is 13.3. The maximum atomic E-state index is 13.3. The van der Waals surface area contributed by atoms with Crippen LogP contribution in [0.5, 0.6) is 0 Å². The minimum Gasteiger partial charge on any atom is -0.316 e. The van der Waals surface area contributed by atoms with Gasteiger partial charge in [0.15, 0.2) is 0 Å². The number of carbonyl (C=O) groups is 1. The number of nitrogens with zero attached hydrogens (tertiary/aromatic N) is 1. The summed E-state index contributed by atoms with van der Waals surface area (Å²) in [4.78, 5) is 14.0. The average Bonchev–Trinajstić information content (AvgIpc) is 2.97. The van der Waals surface area contributed by atoms with Gasteiger partial charge in [0.1, 0.15) is 5.82 Å². The van der Waals surface area contributed by atoms with E-state index in [1.807, 2.05) is 0 Å². The Balaban J connectivity index is 1.74. The molecule has 1 N–H and O–H groups in total. The maximum Gasteiger partial charge on any atom is 0.227 e. The van der Waals surface area contributed by atoms with Gasteiger partial charge in [-0.15, -0.1) is 0 Å². The van der Waals surface area contributed by atoms with Crippen LogP contribution in [0, 0.1) is 11.7 Å². The van der Waals surface area contributed by atoms with E-state index in [0.717, 1.165) is 37.2 Å². The molecule has 1 amide bonds. The van der Waals surface area contributed by atoms with Gasteiger partial charge in [0.2, 0.25) is 5.91 Å². The largest absolute Gasteiger partial charge is 0.316 e. The Morgan fingerprint density at radius 2 is 2.39 bits per heavy atom. The Morgan fingerprint density at radius 1 is 1.50 bits per heavy atom. The third-order valence-electron chi connectivity index (χ3n) is 3.87. The Bertz CT molecular complexity index is 469. The Morgan fingerprint density at radius 3 is 3.17 bits per heavy atom. The quantitative estimate of drug-likeness (QED) is 0.864. The Hall–Kier alpha value is -1.42. The first-order valence-electron chi connectivity index (χ1n) is 6.53. The van der Waals surface area contributed by atoms with Crippen molar-refractivity contribution in [1.29, 1.82) is 0 Å². The van der Waals surface area contributed by atoms with E-state index in [1.54, 1.807) is 11.0 Å². The van der Waals surface area contributed by atoms with Crippen LogP contribution >= 0.6 is 0 Å². The second kappa shape index (κ2) is 4.69. The molecule has 96 valence electrons. The molecule has 1 fully saturated rings. The maximum absolute atomic E-state index is 13.3. The molecule has 3 nitrogen and oxygen atoms in total. The number of rotatable bonds is 2. The van der Waals surface area contributed by atoms with Crippen LogP contribution in [-0.2, 0) is 11.2 Å². The molecule has 1 aromatic rings. The van der Waals surface area contributed by atoms with Crippen LogP contribution in [0.3, 0.4) is 0 Å². The number of amides is 1. The molecule has 0 aromatic heterocycles. The van der Waals surface area contributed by atoms with E-state index >= 15 is 0 Å². The zero-order valence-electron chi connectivity index (χ0n) is 10.3. The number of benzene rings is 1. The van der Waals surface area contributed by atoms with Gasteiger partial charge in [0.05, 0.1) is 0 Å². The lowest BCUT2D eigenvalue weighted by Gasteiger charge is -2.19. The van der Waals surface area contributed by atoms with E-state index in [4.69, 9.17) is 0 Å².